The van der Waals surface area contributed by atoms with Crippen molar-refractivity contribution in [1.82, 2.24) is 14.5 Å². The minimum Gasteiger partial charge on any atom is -0.504 e. The molecular weight excluding hydrogens is 332 g/mol. The Morgan fingerprint density at radius 2 is 2.24 bits per heavy atom. The average Bonchev–Trinajstić information content (AvgIpc) is 3.08. The van der Waals surface area contributed by atoms with E-state index in [1.54, 1.807) is 12.3 Å². The second-order valence-corrected chi connectivity index (χ2v) is 5.94. The van der Waals surface area contributed by atoms with Gasteiger partial charge in [0, 0.05) is 11.8 Å². The molecule has 1 aliphatic rings. The van der Waals surface area contributed by atoms with Gasteiger partial charge in [0.15, 0.2) is 12.0 Å². The van der Waals surface area contributed by atoms with Crippen molar-refractivity contribution in [1.29, 1.82) is 0 Å². The number of nitrogens with zero attached hydrogens (tertiary/aromatic N) is 3. The number of anilines is 1. The van der Waals surface area contributed by atoms with Crippen LogP contribution in [0.1, 0.15) is 18.7 Å². The number of rotatable bonds is 5. The standard InChI is InChI=1S/C15H20N4O6/c1-15(22)11(21)9(6-20)25-14(15)19-5-8(3-4-24-2)10-12(18-23)16-7-17-13(10)19/h3-5,7,9,11,14,20-23H,6H2,1-2H3,(H,16,17,18)/t9?,11?,14?,15-/m1/s1. The third-order valence-corrected chi connectivity index (χ3v) is 4.32. The zero-order valence-electron chi connectivity index (χ0n) is 13.7. The van der Waals surface area contributed by atoms with E-state index in [4.69, 9.17) is 9.47 Å². The molecule has 0 aromatic carbocycles. The van der Waals surface area contributed by atoms with E-state index in [0.717, 1.165) is 0 Å². The molecule has 0 radical (unpaired) electrons. The first-order valence-electron chi connectivity index (χ1n) is 7.57. The van der Waals surface area contributed by atoms with E-state index < -0.39 is 30.6 Å². The number of hydrogen-bond acceptors (Lipinski definition) is 9. The summed E-state index contributed by atoms with van der Waals surface area (Å²) in [7, 11) is 1.49. The molecular formula is C15H20N4O6. The predicted molar refractivity (Wildman–Crippen MR) is 86.6 cm³/mol. The Hall–Kier alpha value is -2.24. The smallest absolute Gasteiger partial charge is 0.167 e. The van der Waals surface area contributed by atoms with Crippen molar-refractivity contribution in [2.75, 3.05) is 19.2 Å². The maximum atomic E-state index is 10.7. The fraction of sp³-hybridized carbons (Fsp3) is 0.467. The number of hydrogen-bond donors (Lipinski definition) is 5. The SMILES string of the molecule is COC=Cc1cn(C2OC(CO)C(O)[C@@]2(C)O)c2ncnc(NO)c12. The summed E-state index contributed by atoms with van der Waals surface area (Å²) >= 11 is 0. The van der Waals surface area contributed by atoms with Crippen molar-refractivity contribution in [3.8, 4) is 0 Å². The average molecular weight is 352 g/mol. The summed E-state index contributed by atoms with van der Waals surface area (Å²) in [5, 5.41) is 40.0. The fourth-order valence-electron chi connectivity index (χ4n) is 3.03. The van der Waals surface area contributed by atoms with Crippen molar-refractivity contribution in [3.63, 3.8) is 0 Å². The summed E-state index contributed by atoms with van der Waals surface area (Å²) in [5.41, 5.74) is 1.29. The maximum Gasteiger partial charge on any atom is 0.167 e. The first kappa shape index (κ1) is 17.6. The molecule has 10 heteroatoms. The summed E-state index contributed by atoms with van der Waals surface area (Å²) < 4.78 is 12.1. The predicted octanol–water partition coefficient (Wildman–Crippen LogP) is -0.149. The molecule has 0 amide bonds. The normalized spacial score (nSPS) is 29.6. The molecule has 0 bridgehead atoms. The zero-order chi connectivity index (χ0) is 18.2. The Morgan fingerprint density at radius 3 is 2.84 bits per heavy atom. The van der Waals surface area contributed by atoms with Crippen LogP contribution in [0, 0.1) is 0 Å². The number of nitrogens with one attached hydrogen (secondary N) is 1. The van der Waals surface area contributed by atoms with E-state index in [0.29, 0.717) is 16.6 Å². The van der Waals surface area contributed by atoms with Crippen LogP contribution in [0.25, 0.3) is 17.1 Å². The Morgan fingerprint density at radius 1 is 1.48 bits per heavy atom. The molecule has 10 nitrogen and oxygen atoms in total. The Bertz CT molecular complexity index is 790. The largest absolute Gasteiger partial charge is 0.504 e. The summed E-state index contributed by atoms with van der Waals surface area (Å²) in [6, 6.07) is 0. The highest BCUT2D eigenvalue weighted by Crippen LogP contribution is 2.41. The maximum absolute atomic E-state index is 10.7. The van der Waals surface area contributed by atoms with E-state index >= 15 is 0 Å². The lowest BCUT2D eigenvalue weighted by Gasteiger charge is -2.27. The third-order valence-electron chi connectivity index (χ3n) is 4.32. The highest BCUT2D eigenvalue weighted by atomic mass is 16.6. The molecule has 2 aromatic rings. The molecule has 1 saturated heterocycles. The molecule has 0 saturated carbocycles. The fourth-order valence-corrected chi connectivity index (χ4v) is 3.03. The Labute approximate surface area is 142 Å². The van der Waals surface area contributed by atoms with Crippen molar-refractivity contribution < 1.29 is 30.0 Å². The molecule has 1 fully saturated rings. The summed E-state index contributed by atoms with van der Waals surface area (Å²) in [4.78, 5) is 8.16. The number of fused-ring (bicyclic) bond motifs is 1. The first-order chi connectivity index (χ1) is 12.0. The molecule has 0 spiro atoms. The third kappa shape index (κ3) is 2.73. The van der Waals surface area contributed by atoms with Gasteiger partial charge in [0.25, 0.3) is 0 Å². The summed E-state index contributed by atoms with van der Waals surface area (Å²) in [6.45, 7) is 0.975. The van der Waals surface area contributed by atoms with Crippen LogP contribution in [0.5, 0.6) is 0 Å². The van der Waals surface area contributed by atoms with Crippen LogP contribution < -0.4 is 5.48 Å². The van der Waals surface area contributed by atoms with E-state index in [1.165, 1.54) is 31.2 Å². The van der Waals surface area contributed by atoms with Gasteiger partial charge in [0.2, 0.25) is 0 Å². The van der Waals surface area contributed by atoms with Crippen molar-refractivity contribution >= 4 is 22.9 Å². The quantitative estimate of drug-likeness (QED) is 0.367. The molecule has 3 rings (SSSR count). The summed E-state index contributed by atoms with van der Waals surface area (Å²) in [5.74, 6) is 0.163. The van der Waals surface area contributed by atoms with Crippen molar-refractivity contribution in [2.24, 2.45) is 0 Å². The Kier molecular flexibility index (Phi) is 4.62. The second kappa shape index (κ2) is 6.58. The molecule has 25 heavy (non-hydrogen) atoms. The first-order valence-corrected chi connectivity index (χ1v) is 7.57. The van der Waals surface area contributed by atoms with Gasteiger partial charge >= 0.3 is 0 Å². The van der Waals surface area contributed by atoms with Gasteiger partial charge in [-0.25, -0.2) is 9.97 Å². The van der Waals surface area contributed by atoms with Crippen molar-refractivity contribution in [2.45, 2.75) is 31.0 Å². The van der Waals surface area contributed by atoms with Crippen LogP contribution in [0.4, 0.5) is 5.82 Å². The van der Waals surface area contributed by atoms with Gasteiger partial charge in [-0.1, -0.05) is 0 Å². The van der Waals surface area contributed by atoms with Gasteiger partial charge in [-0.3, -0.25) is 10.7 Å². The lowest BCUT2D eigenvalue weighted by Crippen LogP contribution is -2.44. The minimum atomic E-state index is -1.67. The number of ether oxygens (including phenoxy) is 2. The van der Waals surface area contributed by atoms with Crippen LogP contribution in [0.15, 0.2) is 18.8 Å². The molecule has 2 aromatic heterocycles. The lowest BCUT2D eigenvalue weighted by atomic mass is 9.96. The van der Waals surface area contributed by atoms with Crippen LogP contribution in [-0.4, -0.2) is 66.6 Å². The van der Waals surface area contributed by atoms with E-state index in [2.05, 4.69) is 9.97 Å². The van der Waals surface area contributed by atoms with E-state index in [9.17, 15) is 20.5 Å². The Balaban J connectivity index is 2.19. The van der Waals surface area contributed by atoms with Crippen LogP contribution in [0.3, 0.4) is 0 Å². The summed E-state index contributed by atoms with van der Waals surface area (Å²) in [6.07, 6.45) is 2.71. The van der Waals surface area contributed by atoms with E-state index in [-0.39, 0.29) is 5.82 Å². The number of aliphatic hydroxyl groups is 3. The molecule has 1 aliphatic heterocycles. The topological polar surface area (TPSA) is 142 Å². The van der Waals surface area contributed by atoms with Crippen molar-refractivity contribution in [3.05, 3.63) is 24.3 Å². The number of aromatic nitrogens is 3. The van der Waals surface area contributed by atoms with Crippen LogP contribution in [-0.2, 0) is 9.47 Å². The monoisotopic (exact) mass is 352 g/mol. The van der Waals surface area contributed by atoms with Gasteiger partial charge in [0.1, 0.15) is 29.8 Å². The van der Waals surface area contributed by atoms with Crippen LogP contribution in [0.2, 0.25) is 0 Å². The van der Waals surface area contributed by atoms with Gasteiger partial charge in [-0.15, -0.1) is 0 Å². The molecule has 4 atom stereocenters. The van der Waals surface area contributed by atoms with Crippen LogP contribution >= 0.6 is 0 Å². The number of aliphatic hydroxyl groups excluding tert-OH is 2. The highest BCUT2D eigenvalue weighted by Gasteiger charge is 2.53. The molecule has 3 heterocycles. The highest BCUT2D eigenvalue weighted by molar-refractivity contribution is 5.95. The molecule has 136 valence electrons. The van der Waals surface area contributed by atoms with Gasteiger partial charge < -0.3 is 29.4 Å². The van der Waals surface area contributed by atoms with E-state index in [1.807, 2.05) is 5.48 Å². The molecule has 0 aliphatic carbocycles. The second-order valence-electron chi connectivity index (χ2n) is 5.94. The minimum absolute atomic E-state index is 0.163. The van der Waals surface area contributed by atoms with Gasteiger partial charge in [-0.2, -0.15) is 0 Å². The zero-order valence-corrected chi connectivity index (χ0v) is 13.7. The van der Waals surface area contributed by atoms with Gasteiger partial charge in [0.05, 0.1) is 25.4 Å². The number of methoxy groups -OCH3 is 1. The molecule has 5 N–H and O–H groups in total. The lowest BCUT2D eigenvalue weighted by molar-refractivity contribution is -0.0948. The van der Waals surface area contributed by atoms with Gasteiger partial charge in [-0.05, 0) is 13.0 Å². The molecule has 3 unspecified atom stereocenters.